The zero-order valence-electron chi connectivity index (χ0n) is 8.80. The summed E-state index contributed by atoms with van der Waals surface area (Å²) in [5.41, 5.74) is 0. The number of rotatable bonds is 6. The Morgan fingerprint density at radius 3 is 2.54 bits per heavy atom. The van der Waals surface area contributed by atoms with Gasteiger partial charge in [0.25, 0.3) is 0 Å². The molecule has 2 saturated carbocycles. The lowest BCUT2D eigenvalue weighted by atomic mass is 10.2. The van der Waals surface area contributed by atoms with Crippen molar-refractivity contribution < 1.29 is 4.74 Å². The minimum Gasteiger partial charge on any atom is -0.378 e. The second-order valence-electron chi connectivity index (χ2n) is 4.65. The van der Waals surface area contributed by atoms with Crippen LogP contribution in [0.15, 0.2) is 0 Å². The van der Waals surface area contributed by atoms with Gasteiger partial charge in [0.05, 0.1) is 6.10 Å². The molecule has 0 saturated heterocycles. The lowest BCUT2D eigenvalue weighted by Gasteiger charge is -2.05. The van der Waals surface area contributed by atoms with Gasteiger partial charge in [0, 0.05) is 6.61 Å². The minimum absolute atomic E-state index is 0.690. The second-order valence-corrected chi connectivity index (χ2v) is 4.65. The summed E-state index contributed by atoms with van der Waals surface area (Å²) in [6.45, 7) is 3.28. The Morgan fingerprint density at radius 2 is 1.85 bits per heavy atom. The molecule has 0 spiro atoms. The maximum absolute atomic E-state index is 5.87. The summed E-state index contributed by atoms with van der Waals surface area (Å²) in [6, 6.07) is 0. The van der Waals surface area contributed by atoms with E-state index in [1.807, 2.05) is 0 Å². The van der Waals surface area contributed by atoms with Crippen molar-refractivity contribution in [3.05, 3.63) is 0 Å². The van der Waals surface area contributed by atoms with Crippen LogP contribution in [0.4, 0.5) is 0 Å². The van der Waals surface area contributed by atoms with Gasteiger partial charge in [0.2, 0.25) is 0 Å². The zero-order valence-corrected chi connectivity index (χ0v) is 8.80. The molecule has 1 heteroatoms. The first-order chi connectivity index (χ1) is 6.43. The van der Waals surface area contributed by atoms with Gasteiger partial charge < -0.3 is 4.74 Å². The van der Waals surface area contributed by atoms with E-state index in [-0.39, 0.29) is 0 Å². The Labute approximate surface area is 81.9 Å². The van der Waals surface area contributed by atoms with Crippen molar-refractivity contribution in [1.29, 1.82) is 0 Å². The second kappa shape index (κ2) is 4.45. The largest absolute Gasteiger partial charge is 0.378 e. The van der Waals surface area contributed by atoms with Crippen LogP contribution < -0.4 is 0 Å². The number of hydrogen-bond donors (Lipinski definition) is 0. The van der Waals surface area contributed by atoms with Gasteiger partial charge in [-0.15, -0.1) is 0 Å². The Balaban J connectivity index is 1.46. The fourth-order valence-corrected chi connectivity index (χ4v) is 2.75. The van der Waals surface area contributed by atoms with Crippen molar-refractivity contribution in [2.45, 2.75) is 58.0 Å². The van der Waals surface area contributed by atoms with Crippen molar-refractivity contribution in [3.63, 3.8) is 0 Å². The quantitative estimate of drug-likeness (QED) is 0.572. The van der Waals surface area contributed by atoms with Crippen LogP contribution in [0.1, 0.15) is 51.9 Å². The summed E-state index contributed by atoms with van der Waals surface area (Å²) in [5.74, 6) is 1.96. The summed E-state index contributed by atoms with van der Waals surface area (Å²) < 4.78 is 5.87. The van der Waals surface area contributed by atoms with Gasteiger partial charge in [-0.2, -0.15) is 0 Å². The monoisotopic (exact) mass is 182 g/mol. The maximum Gasteiger partial charge on any atom is 0.0638 e. The highest BCUT2D eigenvalue weighted by Gasteiger charge is 2.53. The first-order valence-electron chi connectivity index (χ1n) is 6.05. The summed E-state index contributed by atoms with van der Waals surface area (Å²) in [5, 5.41) is 0. The molecule has 0 unspecified atom stereocenters. The molecule has 0 N–H and O–H groups in total. The summed E-state index contributed by atoms with van der Waals surface area (Å²) >= 11 is 0. The fourth-order valence-electron chi connectivity index (χ4n) is 2.75. The van der Waals surface area contributed by atoms with E-state index in [1.54, 1.807) is 0 Å². The summed E-state index contributed by atoms with van der Waals surface area (Å²) in [7, 11) is 0. The Morgan fingerprint density at radius 1 is 1.08 bits per heavy atom. The molecule has 0 heterocycles. The molecule has 2 rings (SSSR count). The molecular weight excluding hydrogens is 160 g/mol. The van der Waals surface area contributed by atoms with E-state index >= 15 is 0 Å². The number of hydrogen-bond acceptors (Lipinski definition) is 1. The molecule has 13 heavy (non-hydrogen) atoms. The van der Waals surface area contributed by atoms with Gasteiger partial charge in [0.1, 0.15) is 0 Å². The first-order valence-corrected chi connectivity index (χ1v) is 6.05. The first kappa shape index (κ1) is 9.51. The molecule has 0 radical (unpaired) electrons. The lowest BCUT2D eigenvalue weighted by molar-refractivity contribution is 0.0911. The van der Waals surface area contributed by atoms with E-state index < -0.39 is 0 Å². The van der Waals surface area contributed by atoms with Crippen molar-refractivity contribution in [2.24, 2.45) is 11.8 Å². The molecule has 2 fully saturated rings. The van der Waals surface area contributed by atoms with Crippen LogP contribution in [0.5, 0.6) is 0 Å². The average Bonchev–Trinajstić information content (AvgIpc) is 2.62. The van der Waals surface area contributed by atoms with Gasteiger partial charge >= 0.3 is 0 Å². The molecule has 0 aromatic heterocycles. The standard InChI is InChI=1S/C12H22O/c1-2-3-4-5-9-13-12-10-7-6-8-11(10)12/h10-12H,2-9H2,1H3/t10-,11-/m1/s1. The van der Waals surface area contributed by atoms with Crippen molar-refractivity contribution in [3.8, 4) is 0 Å². The van der Waals surface area contributed by atoms with E-state index in [9.17, 15) is 0 Å². The molecule has 2 atom stereocenters. The van der Waals surface area contributed by atoms with E-state index in [1.165, 1.54) is 44.9 Å². The van der Waals surface area contributed by atoms with Gasteiger partial charge in [0.15, 0.2) is 0 Å². The third-order valence-electron chi connectivity index (χ3n) is 3.64. The van der Waals surface area contributed by atoms with E-state index in [4.69, 9.17) is 4.74 Å². The topological polar surface area (TPSA) is 9.23 Å². The van der Waals surface area contributed by atoms with Crippen molar-refractivity contribution in [2.75, 3.05) is 6.61 Å². The lowest BCUT2D eigenvalue weighted by Crippen LogP contribution is -2.02. The molecule has 0 aromatic carbocycles. The fraction of sp³-hybridized carbons (Fsp3) is 1.00. The molecule has 2 aliphatic carbocycles. The van der Waals surface area contributed by atoms with Crippen molar-refractivity contribution >= 4 is 0 Å². The molecule has 1 nitrogen and oxygen atoms in total. The normalized spacial score (nSPS) is 36.2. The van der Waals surface area contributed by atoms with Crippen LogP contribution in [0, 0.1) is 11.8 Å². The average molecular weight is 182 g/mol. The number of fused-ring (bicyclic) bond motifs is 1. The summed E-state index contributed by atoms with van der Waals surface area (Å²) in [6.07, 6.45) is 10.4. The van der Waals surface area contributed by atoms with Crippen LogP contribution >= 0.6 is 0 Å². The van der Waals surface area contributed by atoms with E-state index in [0.717, 1.165) is 18.4 Å². The van der Waals surface area contributed by atoms with Crippen molar-refractivity contribution in [1.82, 2.24) is 0 Å². The molecular formula is C12H22O. The molecule has 0 aliphatic heterocycles. The van der Waals surface area contributed by atoms with Gasteiger partial charge in [-0.05, 0) is 31.1 Å². The third kappa shape index (κ3) is 2.25. The maximum atomic E-state index is 5.87. The SMILES string of the molecule is CCCCCCOC1[C@@H]2CCC[C@@H]12. The predicted octanol–water partition coefficient (Wildman–Crippen LogP) is 3.38. The molecule has 2 aliphatic rings. The molecule has 0 aromatic rings. The highest BCUT2D eigenvalue weighted by Crippen LogP contribution is 2.53. The Hall–Kier alpha value is -0.0400. The number of unbranched alkanes of at least 4 members (excludes halogenated alkanes) is 3. The van der Waals surface area contributed by atoms with Gasteiger partial charge in [-0.3, -0.25) is 0 Å². The molecule has 76 valence electrons. The summed E-state index contributed by atoms with van der Waals surface area (Å²) in [4.78, 5) is 0. The highest BCUT2D eigenvalue weighted by molar-refractivity contribution is 5.02. The highest BCUT2D eigenvalue weighted by atomic mass is 16.5. The predicted molar refractivity (Wildman–Crippen MR) is 54.7 cm³/mol. The molecule has 0 amide bonds. The smallest absolute Gasteiger partial charge is 0.0638 e. The van der Waals surface area contributed by atoms with Crippen LogP contribution in [-0.4, -0.2) is 12.7 Å². The molecule has 0 bridgehead atoms. The minimum atomic E-state index is 0.690. The van der Waals surface area contributed by atoms with Crippen LogP contribution in [-0.2, 0) is 4.74 Å². The third-order valence-corrected chi connectivity index (χ3v) is 3.64. The Bertz CT molecular complexity index is 145. The number of ether oxygens (including phenoxy) is 1. The zero-order chi connectivity index (χ0) is 9.10. The van der Waals surface area contributed by atoms with Gasteiger partial charge in [-0.1, -0.05) is 32.6 Å². The van der Waals surface area contributed by atoms with E-state index in [0.29, 0.717) is 6.10 Å². The van der Waals surface area contributed by atoms with Crippen LogP contribution in [0.25, 0.3) is 0 Å². The van der Waals surface area contributed by atoms with Gasteiger partial charge in [-0.25, -0.2) is 0 Å². The van der Waals surface area contributed by atoms with Crippen LogP contribution in [0.3, 0.4) is 0 Å². The Kier molecular flexibility index (Phi) is 3.26. The van der Waals surface area contributed by atoms with Crippen LogP contribution in [0.2, 0.25) is 0 Å². The van der Waals surface area contributed by atoms with E-state index in [2.05, 4.69) is 6.92 Å².